The summed E-state index contributed by atoms with van der Waals surface area (Å²) in [5.41, 5.74) is 10.3. The maximum atomic E-state index is 6.35. The van der Waals surface area contributed by atoms with Crippen molar-refractivity contribution in [1.29, 1.82) is 0 Å². The van der Waals surface area contributed by atoms with E-state index in [1.807, 2.05) is 30.1 Å². The highest BCUT2D eigenvalue weighted by Gasteiger charge is 2.16. The average molecular weight is 259 g/mol. The minimum atomic E-state index is -0.185. The Morgan fingerprint density at radius 2 is 2.11 bits per heavy atom. The summed E-state index contributed by atoms with van der Waals surface area (Å²) in [7, 11) is 0. The fourth-order valence-corrected chi connectivity index (χ4v) is 2.15. The van der Waals surface area contributed by atoms with Gasteiger partial charge in [0.1, 0.15) is 0 Å². The Hall–Kier alpha value is -1.75. The number of aryl methyl sites for hydroxylation is 3. The van der Waals surface area contributed by atoms with E-state index in [1.54, 1.807) is 0 Å². The summed E-state index contributed by atoms with van der Waals surface area (Å²) < 4.78 is 1.93. The monoisotopic (exact) mass is 259 g/mol. The summed E-state index contributed by atoms with van der Waals surface area (Å²) in [4.78, 5) is 0. The Balaban J connectivity index is 2.31. The molecule has 5 nitrogen and oxygen atoms in total. The van der Waals surface area contributed by atoms with E-state index in [2.05, 4.69) is 29.1 Å². The topological polar surface area (TPSA) is 69.6 Å². The van der Waals surface area contributed by atoms with Crippen molar-refractivity contribution in [2.45, 2.75) is 46.2 Å². The fourth-order valence-electron chi connectivity index (χ4n) is 2.15. The van der Waals surface area contributed by atoms with Gasteiger partial charge in [-0.05, 0) is 31.4 Å². The minimum Gasteiger partial charge on any atom is -0.320 e. The first kappa shape index (κ1) is 13.7. The molecule has 19 heavy (non-hydrogen) atoms. The van der Waals surface area contributed by atoms with Crippen LogP contribution in [0.3, 0.4) is 0 Å². The SMILES string of the molecule is CCCn1cc(C(N)c2cc(C)nnc2CC)cn1. The van der Waals surface area contributed by atoms with Gasteiger partial charge in [0, 0.05) is 18.3 Å². The molecule has 2 rings (SSSR count). The predicted octanol–water partition coefficient (Wildman–Crippen LogP) is 2.00. The Bertz CT molecular complexity index is 547. The maximum absolute atomic E-state index is 6.35. The van der Waals surface area contributed by atoms with Gasteiger partial charge >= 0.3 is 0 Å². The first-order valence-electron chi connectivity index (χ1n) is 6.76. The van der Waals surface area contributed by atoms with Gasteiger partial charge in [-0.3, -0.25) is 4.68 Å². The van der Waals surface area contributed by atoms with E-state index in [-0.39, 0.29) is 6.04 Å². The third-order valence-corrected chi connectivity index (χ3v) is 3.16. The number of rotatable bonds is 5. The highest BCUT2D eigenvalue weighted by Crippen LogP contribution is 2.22. The highest BCUT2D eigenvalue weighted by atomic mass is 15.3. The van der Waals surface area contributed by atoms with Crippen LogP contribution in [0.2, 0.25) is 0 Å². The molecule has 0 amide bonds. The summed E-state index contributed by atoms with van der Waals surface area (Å²) in [5, 5.41) is 12.7. The lowest BCUT2D eigenvalue weighted by atomic mass is 10.00. The second kappa shape index (κ2) is 5.93. The van der Waals surface area contributed by atoms with Crippen LogP contribution in [0.25, 0.3) is 0 Å². The van der Waals surface area contributed by atoms with Gasteiger partial charge in [0.25, 0.3) is 0 Å². The van der Waals surface area contributed by atoms with E-state index in [0.29, 0.717) is 0 Å². The molecule has 0 spiro atoms. The smallest absolute Gasteiger partial charge is 0.0679 e. The number of hydrogen-bond donors (Lipinski definition) is 1. The lowest BCUT2D eigenvalue weighted by Gasteiger charge is -2.13. The summed E-state index contributed by atoms with van der Waals surface area (Å²) in [6.45, 7) is 7.05. The van der Waals surface area contributed by atoms with Gasteiger partial charge in [-0.2, -0.15) is 15.3 Å². The van der Waals surface area contributed by atoms with Crippen LogP contribution in [0.15, 0.2) is 18.5 Å². The van der Waals surface area contributed by atoms with E-state index in [4.69, 9.17) is 5.73 Å². The molecule has 1 unspecified atom stereocenters. The van der Waals surface area contributed by atoms with Crippen molar-refractivity contribution in [1.82, 2.24) is 20.0 Å². The normalized spacial score (nSPS) is 12.6. The average Bonchev–Trinajstić information content (AvgIpc) is 2.87. The van der Waals surface area contributed by atoms with Gasteiger partial charge in [0.05, 0.1) is 23.6 Å². The second-order valence-corrected chi connectivity index (χ2v) is 4.76. The fraction of sp³-hybridized carbons (Fsp3) is 0.500. The summed E-state index contributed by atoms with van der Waals surface area (Å²) in [6.07, 6.45) is 5.75. The zero-order valence-electron chi connectivity index (χ0n) is 11.8. The van der Waals surface area contributed by atoms with Crippen molar-refractivity contribution in [3.8, 4) is 0 Å². The molecule has 0 aromatic carbocycles. The van der Waals surface area contributed by atoms with Crippen LogP contribution in [-0.2, 0) is 13.0 Å². The first-order valence-corrected chi connectivity index (χ1v) is 6.76. The predicted molar refractivity (Wildman–Crippen MR) is 74.7 cm³/mol. The third-order valence-electron chi connectivity index (χ3n) is 3.16. The minimum absolute atomic E-state index is 0.185. The van der Waals surface area contributed by atoms with Gasteiger partial charge in [-0.15, -0.1) is 0 Å². The molecule has 0 aliphatic rings. The molecule has 0 fully saturated rings. The molecular formula is C14H21N5. The van der Waals surface area contributed by atoms with Crippen molar-refractivity contribution >= 4 is 0 Å². The molecule has 0 saturated heterocycles. The number of nitrogens with two attached hydrogens (primary N) is 1. The molecule has 2 N–H and O–H groups in total. The lowest BCUT2D eigenvalue weighted by Crippen LogP contribution is -2.15. The molecule has 2 heterocycles. The van der Waals surface area contributed by atoms with Gasteiger partial charge in [-0.1, -0.05) is 13.8 Å². The molecule has 1 atom stereocenters. The standard InChI is InChI=1S/C14H21N5/c1-4-6-19-9-11(8-16-19)14(15)12-7-10(3)17-18-13(12)5-2/h7-9,14H,4-6,15H2,1-3H3. The van der Waals surface area contributed by atoms with Crippen molar-refractivity contribution < 1.29 is 0 Å². The summed E-state index contributed by atoms with van der Waals surface area (Å²) in [6, 6.07) is 1.84. The highest BCUT2D eigenvalue weighted by molar-refractivity contribution is 5.32. The maximum Gasteiger partial charge on any atom is 0.0679 e. The molecule has 0 aliphatic heterocycles. The molecule has 0 bridgehead atoms. The first-order chi connectivity index (χ1) is 9.15. The molecule has 0 aliphatic carbocycles. The molecular weight excluding hydrogens is 238 g/mol. The quantitative estimate of drug-likeness (QED) is 0.891. The van der Waals surface area contributed by atoms with Gasteiger partial charge in [0.2, 0.25) is 0 Å². The van der Waals surface area contributed by atoms with Crippen LogP contribution in [-0.4, -0.2) is 20.0 Å². The lowest BCUT2D eigenvalue weighted by molar-refractivity contribution is 0.601. The Kier molecular flexibility index (Phi) is 4.27. The van der Waals surface area contributed by atoms with E-state index in [1.165, 1.54) is 0 Å². The van der Waals surface area contributed by atoms with Crippen molar-refractivity contribution in [2.75, 3.05) is 0 Å². The van der Waals surface area contributed by atoms with Crippen LogP contribution in [0.4, 0.5) is 0 Å². The summed E-state index contributed by atoms with van der Waals surface area (Å²) >= 11 is 0. The molecule has 102 valence electrons. The summed E-state index contributed by atoms with van der Waals surface area (Å²) in [5.74, 6) is 0. The molecule has 5 heteroatoms. The van der Waals surface area contributed by atoms with Crippen LogP contribution in [0.1, 0.15) is 48.8 Å². The van der Waals surface area contributed by atoms with Crippen LogP contribution in [0, 0.1) is 6.92 Å². The molecule has 2 aromatic rings. The molecule has 0 radical (unpaired) electrons. The van der Waals surface area contributed by atoms with Crippen molar-refractivity contribution in [2.24, 2.45) is 5.73 Å². The van der Waals surface area contributed by atoms with E-state index < -0.39 is 0 Å². The Labute approximate surface area is 113 Å². The number of aromatic nitrogens is 4. The largest absolute Gasteiger partial charge is 0.320 e. The number of nitrogens with zero attached hydrogens (tertiary/aromatic N) is 4. The third kappa shape index (κ3) is 2.98. The van der Waals surface area contributed by atoms with Crippen molar-refractivity contribution in [3.05, 3.63) is 41.0 Å². The number of hydrogen-bond acceptors (Lipinski definition) is 4. The Morgan fingerprint density at radius 1 is 1.32 bits per heavy atom. The van der Waals surface area contributed by atoms with Crippen molar-refractivity contribution in [3.63, 3.8) is 0 Å². The van der Waals surface area contributed by atoms with E-state index in [0.717, 1.165) is 41.9 Å². The van der Waals surface area contributed by atoms with Crippen LogP contribution < -0.4 is 5.73 Å². The second-order valence-electron chi connectivity index (χ2n) is 4.76. The van der Waals surface area contributed by atoms with Gasteiger partial charge < -0.3 is 5.73 Å². The molecule has 2 aromatic heterocycles. The van der Waals surface area contributed by atoms with Crippen LogP contribution >= 0.6 is 0 Å². The Morgan fingerprint density at radius 3 is 2.79 bits per heavy atom. The van der Waals surface area contributed by atoms with Crippen LogP contribution in [0.5, 0.6) is 0 Å². The van der Waals surface area contributed by atoms with Gasteiger partial charge in [-0.25, -0.2) is 0 Å². The molecule has 0 saturated carbocycles. The van der Waals surface area contributed by atoms with Gasteiger partial charge in [0.15, 0.2) is 0 Å². The van der Waals surface area contributed by atoms with E-state index in [9.17, 15) is 0 Å². The zero-order chi connectivity index (χ0) is 13.8. The van der Waals surface area contributed by atoms with E-state index >= 15 is 0 Å². The zero-order valence-corrected chi connectivity index (χ0v) is 11.8.